The van der Waals surface area contributed by atoms with Gasteiger partial charge in [0.15, 0.2) is 16.3 Å². The van der Waals surface area contributed by atoms with Crippen molar-refractivity contribution in [1.82, 2.24) is 9.97 Å². The minimum atomic E-state index is 0.445. The van der Waals surface area contributed by atoms with Crippen LogP contribution in [-0.4, -0.2) is 24.2 Å². The maximum Gasteiger partial charge on any atom is 0.197 e. The average Bonchev–Trinajstić information content (AvgIpc) is 2.40. The molecule has 0 aliphatic heterocycles. The van der Waals surface area contributed by atoms with Gasteiger partial charge in [0, 0.05) is 11.8 Å². The highest BCUT2D eigenvalue weighted by atomic mass is 32.1. The predicted molar refractivity (Wildman–Crippen MR) is 72.7 cm³/mol. The summed E-state index contributed by atoms with van der Waals surface area (Å²) in [7, 11) is 3.23. The first kappa shape index (κ1) is 12.6. The van der Waals surface area contributed by atoms with Gasteiger partial charge < -0.3 is 14.5 Å². The van der Waals surface area contributed by atoms with E-state index in [1.807, 2.05) is 25.1 Å². The molecule has 0 saturated heterocycles. The SMILES string of the molecule is COc1cccc(-c2[nH]c(=S)ncc2C)c1OC. The molecule has 2 aromatic rings. The lowest BCUT2D eigenvalue weighted by molar-refractivity contribution is 0.356. The Morgan fingerprint density at radius 3 is 2.67 bits per heavy atom. The number of methoxy groups -OCH3 is 2. The van der Waals surface area contributed by atoms with Gasteiger partial charge in [0.05, 0.1) is 19.9 Å². The lowest BCUT2D eigenvalue weighted by Crippen LogP contribution is -1.97. The van der Waals surface area contributed by atoms with Crippen molar-refractivity contribution in [1.29, 1.82) is 0 Å². The Kier molecular flexibility index (Phi) is 3.62. The zero-order valence-corrected chi connectivity index (χ0v) is 11.3. The lowest BCUT2D eigenvalue weighted by atomic mass is 10.1. The summed E-state index contributed by atoms with van der Waals surface area (Å²) in [4.78, 5) is 7.14. The topological polar surface area (TPSA) is 47.1 Å². The first-order valence-corrected chi connectivity index (χ1v) is 5.85. The Hall–Kier alpha value is -1.88. The number of aromatic amines is 1. The quantitative estimate of drug-likeness (QED) is 0.863. The fourth-order valence-corrected chi connectivity index (χ4v) is 1.98. The van der Waals surface area contributed by atoms with Crippen LogP contribution in [-0.2, 0) is 0 Å². The van der Waals surface area contributed by atoms with E-state index in [4.69, 9.17) is 21.7 Å². The normalized spacial score (nSPS) is 10.2. The third-order valence-corrected chi connectivity index (χ3v) is 2.88. The Morgan fingerprint density at radius 1 is 1.22 bits per heavy atom. The summed E-state index contributed by atoms with van der Waals surface area (Å²) in [5.41, 5.74) is 2.80. The Morgan fingerprint density at radius 2 is 2.00 bits per heavy atom. The number of hydrogen-bond donors (Lipinski definition) is 1. The molecule has 0 aliphatic carbocycles. The van der Waals surface area contributed by atoms with Crippen molar-refractivity contribution in [2.75, 3.05) is 14.2 Å². The van der Waals surface area contributed by atoms with Crippen molar-refractivity contribution in [2.45, 2.75) is 6.92 Å². The first-order chi connectivity index (χ1) is 8.67. The number of ether oxygens (including phenoxy) is 2. The summed E-state index contributed by atoms with van der Waals surface area (Å²) < 4.78 is 11.2. The Bertz CT molecular complexity index is 623. The smallest absolute Gasteiger partial charge is 0.197 e. The van der Waals surface area contributed by atoms with Crippen molar-refractivity contribution in [2.24, 2.45) is 0 Å². The molecular weight excluding hydrogens is 248 g/mol. The summed E-state index contributed by atoms with van der Waals surface area (Å²) in [5.74, 6) is 1.37. The predicted octanol–water partition coefficient (Wildman–Crippen LogP) is 3.13. The summed E-state index contributed by atoms with van der Waals surface area (Å²) in [6.07, 6.45) is 1.74. The van der Waals surface area contributed by atoms with Gasteiger partial charge in [-0.05, 0) is 36.8 Å². The zero-order valence-electron chi connectivity index (χ0n) is 10.5. The molecule has 2 rings (SSSR count). The number of rotatable bonds is 3. The maximum absolute atomic E-state index is 5.42. The van der Waals surface area contributed by atoms with Crippen molar-refractivity contribution in [3.05, 3.63) is 34.7 Å². The van der Waals surface area contributed by atoms with Crippen LogP contribution >= 0.6 is 12.2 Å². The van der Waals surface area contributed by atoms with Crippen molar-refractivity contribution >= 4 is 12.2 Å². The van der Waals surface area contributed by atoms with Gasteiger partial charge in [0.25, 0.3) is 0 Å². The molecule has 0 bridgehead atoms. The lowest BCUT2D eigenvalue weighted by Gasteiger charge is -2.13. The Balaban J connectivity index is 2.70. The van der Waals surface area contributed by atoms with Crippen LogP contribution in [0, 0.1) is 11.7 Å². The molecule has 5 heteroatoms. The third kappa shape index (κ3) is 2.22. The van der Waals surface area contributed by atoms with Crippen LogP contribution in [0.3, 0.4) is 0 Å². The van der Waals surface area contributed by atoms with Crippen LogP contribution in [0.15, 0.2) is 24.4 Å². The molecule has 18 heavy (non-hydrogen) atoms. The van der Waals surface area contributed by atoms with Gasteiger partial charge in [-0.2, -0.15) is 0 Å². The molecule has 4 nitrogen and oxygen atoms in total. The van der Waals surface area contributed by atoms with Gasteiger partial charge in [0.1, 0.15) is 0 Å². The monoisotopic (exact) mass is 262 g/mol. The molecule has 0 aliphatic rings. The minimum absolute atomic E-state index is 0.445. The van der Waals surface area contributed by atoms with Crippen molar-refractivity contribution in [3.8, 4) is 22.8 Å². The van der Waals surface area contributed by atoms with Crippen LogP contribution in [0.5, 0.6) is 11.5 Å². The highest BCUT2D eigenvalue weighted by Crippen LogP contribution is 2.37. The summed E-state index contributed by atoms with van der Waals surface area (Å²) in [5, 5.41) is 0. The van der Waals surface area contributed by atoms with E-state index >= 15 is 0 Å². The van der Waals surface area contributed by atoms with Crippen molar-refractivity contribution in [3.63, 3.8) is 0 Å². The molecule has 0 unspecified atom stereocenters. The number of nitrogens with zero attached hydrogens (tertiary/aromatic N) is 1. The maximum atomic E-state index is 5.42. The molecule has 0 saturated carbocycles. The third-order valence-electron chi connectivity index (χ3n) is 2.67. The van der Waals surface area contributed by atoms with Crippen molar-refractivity contribution < 1.29 is 9.47 Å². The number of nitrogens with one attached hydrogen (secondary N) is 1. The number of aromatic nitrogens is 2. The minimum Gasteiger partial charge on any atom is -0.493 e. The molecule has 0 radical (unpaired) electrons. The average molecular weight is 262 g/mol. The molecular formula is C13H14N2O2S. The highest BCUT2D eigenvalue weighted by molar-refractivity contribution is 7.71. The molecule has 1 heterocycles. The molecule has 1 aromatic heterocycles. The van der Waals surface area contributed by atoms with Gasteiger partial charge in [-0.25, -0.2) is 4.98 Å². The van der Waals surface area contributed by atoms with Crippen LogP contribution in [0.2, 0.25) is 0 Å². The van der Waals surface area contributed by atoms with Gasteiger partial charge >= 0.3 is 0 Å². The molecule has 94 valence electrons. The fourth-order valence-electron chi connectivity index (χ4n) is 1.82. The van der Waals surface area contributed by atoms with Gasteiger partial charge in [0.2, 0.25) is 0 Å². The summed E-state index contributed by atoms with van der Waals surface area (Å²) in [6.45, 7) is 1.96. The van der Waals surface area contributed by atoms with Crippen LogP contribution in [0.1, 0.15) is 5.56 Å². The van der Waals surface area contributed by atoms with E-state index in [2.05, 4.69) is 9.97 Å². The zero-order chi connectivity index (χ0) is 13.1. The molecule has 0 spiro atoms. The van der Waals surface area contributed by atoms with Gasteiger partial charge in [-0.15, -0.1) is 0 Å². The van der Waals surface area contributed by atoms with E-state index < -0.39 is 0 Å². The van der Waals surface area contributed by atoms with Gasteiger partial charge in [-0.3, -0.25) is 0 Å². The molecule has 0 fully saturated rings. The van der Waals surface area contributed by atoms with E-state index in [-0.39, 0.29) is 0 Å². The number of H-pyrrole nitrogens is 1. The number of hydrogen-bond acceptors (Lipinski definition) is 4. The summed E-state index contributed by atoms with van der Waals surface area (Å²) in [6, 6.07) is 5.72. The number of aryl methyl sites for hydroxylation is 1. The number of benzene rings is 1. The van der Waals surface area contributed by atoms with E-state index in [9.17, 15) is 0 Å². The Labute approximate surface area is 111 Å². The van der Waals surface area contributed by atoms with Gasteiger partial charge in [-0.1, -0.05) is 6.07 Å². The first-order valence-electron chi connectivity index (χ1n) is 5.44. The van der Waals surface area contributed by atoms with E-state index in [0.717, 1.165) is 16.8 Å². The summed E-state index contributed by atoms with van der Waals surface area (Å²) >= 11 is 5.06. The largest absolute Gasteiger partial charge is 0.493 e. The second-order valence-corrected chi connectivity index (χ2v) is 4.17. The fraction of sp³-hybridized carbons (Fsp3) is 0.231. The second-order valence-electron chi connectivity index (χ2n) is 3.79. The van der Waals surface area contributed by atoms with Crippen LogP contribution in [0.25, 0.3) is 11.3 Å². The van der Waals surface area contributed by atoms with Crippen LogP contribution in [0.4, 0.5) is 0 Å². The molecule has 1 aromatic carbocycles. The highest BCUT2D eigenvalue weighted by Gasteiger charge is 2.13. The van der Waals surface area contributed by atoms with E-state index in [1.54, 1.807) is 20.4 Å². The van der Waals surface area contributed by atoms with E-state index in [1.165, 1.54) is 0 Å². The van der Waals surface area contributed by atoms with Crippen LogP contribution < -0.4 is 9.47 Å². The molecule has 0 amide bonds. The molecule has 1 N–H and O–H groups in total. The second kappa shape index (κ2) is 5.18. The molecule has 0 atom stereocenters. The number of para-hydroxylation sites is 1. The van der Waals surface area contributed by atoms with E-state index in [0.29, 0.717) is 16.3 Å². The standard InChI is InChI=1S/C13H14N2O2S/c1-8-7-14-13(18)15-11(8)9-5-4-6-10(16-2)12(9)17-3/h4-7H,1-3H3,(H,14,15,18).